The first kappa shape index (κ1) is 16.8. The molecule has 0 unspecified atom stereocenters. The van der Waals surface area contributed by atoms with Crippen molar-refractivity contribution in [3.8, 4) is 0 Å². The highest BCUT2D eigenvalue weighted by atomic mass is 79.9. The van der Waals surface area contributed by atoms with Crippen molar-refractivity contribution in [3.63, 3.8) is 0 Å². The molecule has 0 heterocycles. The highest BCUT2D eigenvalue weighted by Crippen LogP contribution is 2.40. The second kappa shape index (κ2) is 7.63. The molecule has 0 radical (unpaired) electrons. The standard InChI is InChI=1S/C16H20BrNO4/c17-13-6-4-12(5-7-13)10-16(8-2-1-3-9-16)14(19)22-11-18-15(20)21/h4-7,18H,1-3,8-11H2,(H,20,21). The Morgan fingerprint density at radius 3 is 2.41 bits per heavy atom. The number of carboxylic acid groups (broad SMARTS) is 1. The molecule has 0 atom stereocenters. The van der Waals surface area contributed by atoms with Gasteiger partial charge in [0.05, 0.1) is 5.41 Å². The molecule has 0 aromatic heterocycles. The predicted molar refractivity (Wildman–Crippen MR) is 85.5 cm³/mol. The van der Waals surface area contributed by atoms with Crippen LogP contribution in [0.25, 0.3) is 0 Å². The molecule has 1 fully saturated rings. The Morgan fingerprint density at radius 1 is 1.18 bits per heavy atom. The van der Waals surface area contributed by atoms with E-state index in [9.17, 15) is 9.59 Å². The van der Waals surface area contributed by atoms with Crippen LogP contribution in [0.2, 0.25) is 0 Å². The Balaban J connectivity index is 2.07. The summed E-state index contributed by atoms with van der Waals surface area (Å²) in [6.45, 7) is -0.295. The number of rotatable bonds is 5. The third-order valence-corrected chi connectivity index (χ3v) is 4.65. The van der Waals surface area contributed by atoms with Crippen LogP contribution in [0.3, 0.4) is 0 Å². The van der Waals surface area contributed by atoms with Crippen LogP contribution in [0, 0.1) is 5.41 Å². The zero-order chi connectivity index (χ0) is 16.0. The summed E-state index contributed by atoms with van der Waals surface area (Å²) in [6, 6.07) is 7.93. The summed E-state index contributed by atoms with van der Waals surface area (Å²) in [6.07, 6.45) is 4.13. The molecular formula is C16H20BrNO4. The number of esters is 1. The number of carbonyl (C=O) groups is 2. The van der Waals surface area contributed by atoms with Crippen LogP contribution in [0.1, 0.15) is 37.7 Å². The van der Waals surface area contributed by atoms with Crippen molar-refractivity contribution < 1.29 is 19.4 Å². The van der Waals surface area contributed by atoms with Crippen LogP contribution >= 0.6 is 15.9 Å². The van der Waals surface area contributed by atoms with E-state index >= 15 is 0 Å². The van der Waals surface area contributed by atoms with Gasteiger partial charge in [0.1, 0.15) is 0 Å². The molecule has 1 aliphatic carbocycles. The van der Waals surface area contributed by atoms with Gasteiger partial charge in [-0.15, -0.1) is 0 Å². The SMILES string of the molecule is O=C(O)NCOC(=O)C1(Cc2ccc(Br)cc2)CCCCC1. The van der Waals surface area contributed by atoms with E-state index in [0.717, 1.165) is 42.1 Å². The van der Waals surface area contributed by atoms with Crippen LogP contribution in [-0.2, 0) is 16.0 Å². The fraction of sp³-hybridized carbons (Fsp3) is 0.500. The molecule has 22 heavy (non-hydrogen) atoms. The van der Waals surface area contributed by atoms with Gasteiger partial charge in [-0.25, -0.2) is 4.79 Å². The number of carbonyl (C=O) groups excluding carboxylic acids is 1. The van der Waals surface area contributed by atoms with E-state index in [4.69, 9.17) is 9.84 Å². The molecule has 2 rings (SSSR count). The van der Waals surface area contributed by atoms with Crippen LogP contribution in [0.4, 0.5) is 4.79 Å². The molecule has 5 nitrogen and oxygen atoms in total. The van der Waals surface area contributed by atoms with Gasteiger partial charge in [0.25, 0.3) is 0 Å². The molecular weight excluding hydrogens is 350 g/mol. The van der Waals surface area contributed by atoms with Crippen LogP contribution < -0.4 is 5.32 Å². The Labute approximate surface area is 138 Å². The van der Waals surface area contributed by atoms with Gasteiger partial charge in [0.15, 0.2) is 6.73 Å². The van der Waals surface area contributed by atoms with Crippen molar-refractivity contribution in [2.24, 2.45) is 5.41 Å². The second-order valence-corrected chi connectivity index (χ2v) is 6.62. The van der Waals surface area contributed by atoms with Crippen molar-refractivity contribution in [2.75, 3.05) is 6.73 Å². The zero-order valence-corrected chi connectivity index (χ0v) is 13.9. The molecule has 120 valence electrons. The van der Waals surface area contributed by atoms with E-state index in [1.807, 2.05) is 24.3 Å². The highest BCUT2D eigenvalue weighted by Gasteiger charge is 2.41. The maximum Gasteiger partial charge on any atom is 0.407 e. The van der Waals surface area contributed by atoms with Crippen LogP contribution in [0.15, 0.2) is 28.7 Å². The van der Waals surface area contributed by atoms with E-state index in [0.29, 0.717) is 6.42 Å². The summed E-state index contributed by atoms with van der Waals surface area (Å²) in [7, 11) is 0. The lowest BCUT2D eigenvalue weighted by atomic mass is 9.70. The molecule has 1 aliphatic rings. The van der Waals surface area contributed by atoms with Crippen molar-refractivity contribution >= 4 is 28.0 Å². The van der Waals surface area contributed by atoms with Gasteiger partial charge < -0.3 is 9.84 Å². The Bertz CT molecular complexity index is 523. The smallest absolute Gasteiger partial charge is 0.407 e. The van der Waals surface area contributed by atoms with Crippen LogP contribution in [-0.4, -0.2) is 23.9 Å². The third-order valence-electron chi connectivity index (χ3n) is 4.13. The van der Waals surface area contributed by atoms with Gasteiger partial charge in [-0.2, -0.15) is 0 Å². The summed E-state index contributed by atoms with van der Waals surface area (Å²) < 4.78 is 6.15. The average molecular weight is 370 g/mol. The van der Waals surface area contributed by atoms with E-state index < -0.39 is 11.5 Å². The minimum Gasteiger partial charge on any atom is -0.465 e. The van der Waals surface area contributed by atoms with Gasteiger partial charge in [-0.05, 0) is 37.0 Å². The van der Waals surface area contributed by atoms with Crippen LogP contribution in [0.5, 0.6) is 0 Å². The van der Waals surface area contributed by atoms with Gasteiger partial charge in [-0.1, -0.05) is 47.3 Å². The first-order chi connectivity index (χ1) is 10.5. The summed E-state index contributed by atoms with van der Waals surface area (Å²) >= 11 is 3.41. The lowest BCUT2D eigenvalue weighted by Crippen LogP contribution is -2.39. The topological polar surface area (TPSA) is 75.6 Å². The largest absolute Gasteiger partial charge is 0.465 e. The first-order valence-electron chi connectivity index (χ1n) is 7.40. The van der Waals surface area contributed by atoms with Gasteiger partial charge in [0.2, 0.25) is 0 Å². The fourth-order valence-corrected chi connectivity index (χ4v) is 3.26. The third kappa shape index (κ3) is 4.47. The Kier molecular flexibility index (Phi) is 5.83. The number of amides is 1. The molecule has 1 aromatic carbocycles. The maximum atomic E-state index is 12.5. The van der Waals surface area contributed by atoms with E-state index in [2.05, 4.69) is 21.2 Å². The lowest BCUT2D eigenvalue weighted by molar-refractivity contribution is -0.158. The highest BCUT2D eigenvalue weighted by molar-refractivity contribution is 9.10. The van der Waals surface area contributed by atoms with E-state index in [-0.39, 0.29) is 12.7 Å². The van der Waals surface area contributed by atoms with Gasteiger partial charge in [-0.3, -0.25) is 10.1 Å². The number of hydrogen-bond donors (Lipinski definition) is 2. The molecule has 1 aromatic rings. The van der Waals surface area contributed by atoms with Crippen molar-refractivity contribution in [2.45, 2.75) is 38.5 Å². The average Bonchev–Trinajstić information content (AvgIpc) is 2.50. The Morgan fingerprint density at radius 2 is 1.82 bits per heavy atom. The summed E-state index contributed by atoms with van der Waals surface area (Å²) in [5.41, 5.74) is 0.556. The molecule has 1 saturated carbocycles. The summed E-state index contributed by atoms with van der Waals surface area (Å²) in [5, 5.41) is 10.6. The number of ether oxygens (including phenoxy) is 1. The predicted octanol–water partition coefficient (Wildman–Crippen LogP) is 3.71. The number of nitrogens with one attached hydrogen (secondary N) is 1. The molecule has 0 spiro atoms. The number of halogens is 1. The molecule has 6 heteroatoms. The second-order valence-electron chi connectivity index (χ2n) is 5.70. The number of hydrogen-bond acceptors (Lipinski definition) is 3. The summed E-state index contributed by atoms with van der Waals surface area (Å²) in [4.78, 5) is 23.0. The maximum absolute atomic E-state index is 12.5. The van der Waals surface area contributed by atoms with Gasteiger partial charge >= 0.3 is 12.1 Å². The molecule has 2 N–H and O–H groups in total. The van der Waals surface area contributed by atoms with Gasteiger partial charge in [0, 0.05) is 4.47 Å². The monoisotopic (exact) mass is 369 g/mol. The van der Waals surface area contributed by atoms with E-state index in [1.165, 1.54) is 0 Å². The Hall–Kier alpha value is -1.56. The first-order valence-corrected chi connectivity index (χ1v) is 8.20. The minimum absolute atomic E-state index is 0.295. The van der Waals surface area contributed by atoms with Crippen molar-refractivity contribution in [1.29, 1.82) is 0 Å². The quantitative estimate of drug-likeness (QED) is 0.612. The van der Waals surface area contributed by atoms with Crippen molar-refractivity contribution in [1.82, 2.24) is 5.32 Å². The lowest BCUT2D eigenvalue weighted by Gasteiger charge is -2.35. The minimum atomic E-state index is -1.20. The fourth-order valence-electron chi connectivity index (χ4n) is 2.99. The molecule has 0 saturated heterocycles. The normalized spacial score (nSPS) is 16.8. The zero-order valence-electron chi connectivity index (χ0n) is 12.3. The van der Waals surface area contributed by atoms with Crippen molar-refractivity contribution in [3.05, 3.63) is 34.3 Å². The molecule has 0 bridgehead atoms. The molecule has 0 aliphatic heterocycles. The molecule has 1 amide bonds. The number of benzene rings is 1. The van der Waals surface area contributed by atoms with E-state index in [1.54, 1.807) is 0 Å². The summed E-state index contributed by atoms with van der Waals surface area (Å²) in [5.74, 6) is -0.302.